The molecule has 0 bridgehead atoms. The first-order valence-corrected chi connectivity index (χ1v) is 17.0. The first-order chi connectivity index (χ1) is 16.2. The van der Waals surface area contributed by atoms with Gasteiger partial charge in [-0.05, 0) is 0 Å². The van der Waals surface area contributed by atoms with Crippen LogP contribution in [0.4, 0.5) is 4.79 Å². The Balaban J connectivity index is 1.33. The number of carbonyl (C=O) groups is 1. The number of urea groups is 1. The van der Waals surface area contributed by atoms with E-state index in [9.17, 15) is 14.7 Å². The molecule has 0 unspecified atom stereocenters. The Morgan fingerprint density at radius 1 is 1.18 bits per heavy atom. The van der Waals surface area contributed by atoms with E-state index in [0.717, 1.165) is 48.5 Å². The van der Waals surface area contributed by atoms with Crippen LogP contribution in [0, 0.1) is 28.6 Å². The van der Waals surface area contributed by atoms with Crippen LogP contribution in [-0.4, -0.2) is 38.7 Å². The van der Waals surface area contributed by atoms with Gasteiger partial charge in [0.1, 0.15) is 0 Å². The number of carbonyl (C=O) groups excluding carboxylic acids is 1. The summed E-state index contributed by atoms with van der Waals surface area (Å²) in [6.45, 7) is 5.76. The molecule has 5 rings (SSSR count). The molecule has 3 aliphatic carbocycles. The topological polar surface area (TPSA) is 118 Å². The molecule has 3 saturated carbocycles. The molecule has 7 atom stereocenters. The number of halogens is 1. The SMILES string of the molecule is C[C@]12CCI(NC(=O)NCCN)C[C@H]1CC[C@@H]1[C@@H]2CC[C@]2(C)[C@@H](c3ccc(=O)oc3)CC[C@]12O. The summed E-state index contributed by atoms with van der Waals surface area (Å²) in [6.07, 6.45) is 8.97. The van der Waals surface area contributed by atoms with Gasteiger partial charge in [-0.1, -0.05) is 0 Å². The van der Waals surface area contributed by atoms with Crippen LogP contribution in [0.25, 0.3) is 0 Å². The molecule has 8 heteroatoms. The average molecular weight is 586 g/mol. The van der Waals surface area contributed by atoms with Gasteiger partial charge in [-0.15, -0.1) is 0 Å². The second-order valence-electron chi connectivity index (χ2n) is 11.5. The number of amides is 2. The van der Waals surface area contributed by atoms with E-state index in [1.807, 2.05) is 6.07 Å². The molecule has 1 aromatic heterocycles. The third-order valence-corrected chi connectivity index (χ3v) is 15.5. The van der Waals surface area contributed by atoms with Crippen LogP contribution < -0.4 is 20.2 Å². The first-order valence-electron chi connectivity index (χ1n) is 12.9. The van der Waals surface area contributed by atoms with Crippen LogP contribution in [0.5, 0.6) is 0 Å². The van der Waals surface area contributed by atoms with Crippen molar-refractivity contribution < 1.29 is 14.3 Å². The van der Waals surface area contributed by atoms with Crippen LogP contribution in [-0.2, 0) is 0 Å². The van der Waals surface area contributed by atoms with Crippen molar-refractivity contribution in [2.45, 2.75) is 70.3 Å². The standard InChI is InChI=1S/C26H40IN3O4/c1-24-11-12-27(30-23(32)29-14-13-28)15-18(24)4-5-21-20(24)7-9-25(2)19(8-10-26(21,25)33)17-3-6-22(31)34-16-17/h3,6,16,18-21,33H,4-5,7-15,28H2,1-2H3,(H2,29,30,32)/t18-,19-,20+,21-,24+,25-,26+/m1/s1. The quantitative estimate of drug-likeness (QED) is 0.244. The maximum absolute atomic E-state index is 12.4. The molecule has 1 aromatic rings. The van der Waals surface area contributed by atoms with Gasteiger partial charge in [0.25, 0.3) is 0 Å². The summed E-state index contributed by atoms with van der Waals surface area (Å²) in [6, 6.07) is 3.38. The van der Waals surface area contributed by atoms with Gasteiger partial charge in [-0.2, -0.15) is 0 Å². The zero-order valence-electron chi connectivity index (χ0n) is 20.4. The van der Waals surface area contributed by atoms with E-state index in [0.29, 0.717) is 30.8 Å². The average Bonchev–Trinajstić information content (AvgIpc) is 3.10. The minimum atomic E-state index is -1.52. The molecule has 1 aliphatic heterocycles. The second-order valence-corrected chi connectivity index (χ2v) is 16.6. The van der Waals surface area contributed by atoms with E-state index in [2.05, 4.69) is 22.7 Å². The molecular weight excluding hydrogens is 545 g/mol. The van der Waals surface area contributed by atoms with Crippen LogP contribution in [0.15, 0.2) is 27.6 Å². The van der Waals surface area contributed by atoms with Gasteiger partial charge in [0.05, 0.1) is 0 Å². The maximum atomic E-state index is 12.4. The van der Waals surface area contributed by atoms with Gasteiger partial charge in [-0.25, -0.2) is 4.79 Å². The summed E-state index contributed by atoms with van der Waals surface area (Å²) < 4.78 is 10.9. The van der Waals surface area contributed by atoms with Crippen molar-refractivity contribution in [3.05, 3.63) is 34.4 Å². The van der Waals surface area contributed by atoms with Crippen molar-refractivity contribution in [1.82, 2.24) is 8.85 Å². The number of rotatable bonds is 4. The Bertz CT molecular complexity index is 967. The molecule has 34 heavy (non-hydrogen) atoms. The van der Waals surface area contributed by atoms with Crippen molar-refractivity contribution in [1.29, 1.82) is 0 Å². The number of aliphatic hydroxyl groups is 1. The Kier molecular flexibility index (Phi) is 6.55. The molecule has 2 heterocycles. The fourth-order valence-electron chi connectivity index (χ4n) is 8.29. The summed E-state index contributed by atoms with van der Waals surface area (Å²) in [5.41, 5.74) is 5.65. The van der Waals surface area contributed by atoms with Crippen LogP contribution in [0.3, 0.4) is 0 Å². The van der Waals surface area contributed by atoms with Crippen LogP contribution in [0.1, 0.15) is 70.3 Å². The van der Waals surface area contributed by atoms with Crippen LogP contribution >= 0.6 is 20.1 Å². The van der Waals surface area contributed by atoms with Gasteiger partial charge >= 0.3 is 205 Å². The summed E-state index contributed by atoms with van der Waals surface area (Å²) in [5.74, 6) is 1.75. The summed E-state index contributed by atoms with van der Waals surface area (Å²) in [7, 11) is 0. The van der Waals surface area contributed by atoms with Gasteiger partial charge in [0.15, 0.2) is 0 Å². The third kappa shape index (κ3) is 3.82. The molecular formula is C26H40IN3O4. The Labute approximate surface area is 209 Å². The van der Waals surface area contributed by atoms with Crippen molar-refractivity contribution in [3.8, 4) is 0 Å². The number of alkyl halides is 2. The van der Waals surface area contributed by atoms with Crippen molar-refractivity contribution in [2.24, 2.45) is 34.3 Å². The van der Waals surface area contributed by atoms with E-state index in [-0.39, 0.29) is 28.4 Å². The van der Waals surface area contributed by atoms with Crippen LogP contribution in [0.2, 0.25) is 0 Å². The normalized spacial score (nSPS) is 42.3. The number of hydrogen-bond acceptors (Lipinski definition) is 5. The van der Waals surface area contributed by atoms with E-state index in [4.69, 9.17) is 10.2 Å². The summed E-state index contributed by atoms with van der Waals surface area (Å²) >= 11 is -1.52. The van der Waals surface area contributed by atoms with E-state index >= 15 is 0 Å². The van der Waals surface area contributed by atoms with E-state index in [1.54, 1.807) is 6.26 Å². The van der Waals surface area contributed by atoms with E-state index in [1.165, 1.54) is 16.9 Å². The van der Waals surface area contributed by atoms with Crippen molar-refractivity contribution in [2.75, 3.05) is 21.9 Å². The zero-order chi connectivity index (χ0) is 24.1. The zero-order valence-corrected chi connectivity index (χ0v) is 22.6. The van der Waals surface area contributed by atoms with Gasteiger partial charge in [0.2, 0.25) is 0 Å². The Morgan fingerprint density at radius 3 is 2.74 bits per heavy atom. The molecule has 0 spiro atoms. The Hall–Kier alpha value is -1.13. The summed E-state index contributed by atoms with van der Waals surface area (Å²) in [5, 5.41) is 15.2. The van der Waals surface area contributed by atoms with Crippen molar-refractivity contribution >= 4 is 26.1 Å². The molecule has 4 aliphatic rings. The molecule has 0 aromatic carbocycles. The number of nitrogens with two attached hydrogens (primary N) is 1. The number of fused-ring (bicyclic) bond motifs is 5. The number of nitrogens with one attached hydrogen (secondary N) is 2. The fourth-order valence-corrected chi connectivity index (χ4v) is 14.6. The van der Waals surface area contributed by atoms with Gasteiger partial charge in [0, 0.05) is 0 Å². The van der Waals surface area contributed by atoms with Gasteiger partial charge in [-0.3, -0.25) is 0 Å². The fraction of sp³-hybridized carbons (Fsp3) is 0.769. The molecule has 0 radical (unpaired) electrons. The molecule has 7 nitrogen and oxygen atoms in total. The number of hydrogen-bond donors (Lipinski definition) is 4. The minimum absolute atomic E-state index is 0.0376. The molecule has 4 fully saturated rings. The van der Waals surface area contributed by atoms with Crippen molar-refractivity contribution in [3.63, 3.8) is 0 Å². The molecule has 190 valence electrons. The summed E-state index contributed by atoms with van der Waals surface area (Å²) in [4.78, 5) is 23.7. The monoisotopic (exact) mass is 585 g/mol. The molecule has 5 N–H and O–H groups in total. The van der Waals surface area contributed by atoms with E-state index < -0.39 is 25.7 Å². The second kappa shape index (κ2) is 9.07. The predicted molar refractivity (Wildman–Crippen MR) is 141 cm³/mol. The predicted octanol–water partition coefficient (Wildman–Crippen LogP) is 3.78. The third-order valence-electron chi connectivity index (χ3n) is 10.3. The first kappa shape index (κ1) is 24.6. The Morgan fingerprint density at radius 2 is 2.00 bits per heavy atom. The molecule has 2 amide bonds. The molecule has 1 saturated heterocycles. The van der Waals surface area contributed by atoms with Gasteiger partial charge < -0.3 is 0 Å².